The molecule has 0 bridgehead atoms. The molecule has 0 amide bonds. The number of nitrogen functional groups attached to an aromatic ring is 1. The maximum absolute atomic E-state index is 11.0. The molecular weight excluding hydrogens is 222 g/mol. The number of carboxylic acids is 1. The van der Waals surface area contributed by atoms with Gasteiger partial charge in [-0.25, -0.2) is 4.79 Å². The molecule has 0 saturated carbocycles. The van der Waals surface area contributed by atoms with Crippen LogP contribution >= 0.6 is 0 Å². The number of hydrogen-bond donors (Lipinski definition) is 2. The Balaban J connectivity index is 2.58. The molecule has 1 rings (SSSR count). The number of nitrogens with two attached hydrogens (primary N) is 1. The molecule has 0 aliphatic carbocycles. The average molecular weight is 239 g/mol. The molecule has 0 aromatic heterocycles. The van der Waals surface area contributed by atoms with Gasteiger partial charge in [0.05, 0.1) is 6.61 Å². The van der Waals surface area contributed by atoms with Crippen molar-refractivity contribution in [2.45, 2.75) is 13.3 Å². The maximum Gasteiger partial charge on any atom is 0.341 e. The summed E-state index contributed by atoms with van der Waals surface area (Å²) in [7, 11) is 0. The van der Waals surface area contributed by atoms with E-state index in [1.54, 1.807) is 12.1 Å². The predicted octanol–water partition coefficient (Wildman–Crippen LogP) is 1.77. The van der Waals surface area contributed by atoms with E-state index in [0.29, 0.717) is 32.0 Å². The highest BCUT2D eigenvalue weighted by Gasteiger charge is 2.14. The molecular formula is C12H17NO4. The van der Waals surface area contributed by atoms with E-state index in [4.69, 9.17) is 20.3 Å². The molecule has 94 valence electrons. The van der Waals surface area contributed by atoms with Crippen LogP contribution in [-0.4, -0.2) is 30.9 Å². The van der Waals surface area contributed by atoms with Gasteiger partial charge in [0.2, 0.25) is 0 Å². The van der Waals surface area contributed by atoms with E-state index in [2.05, 4.69) is 0 Å². The van der Waals surface area contributed by atoms with E-state index in [1.807, 2.05) is 6.92 Å². The molecule has 17 heavy (non-hydrogen) atoms. The smallest absolute Gasteiger partial charge is 0.341 e. The molecule has 1 aromatic carbocycles. The zero-order valence-electron chi connectivity index (χ0n) is 9.81. The lowest BCUT2D eigenvalue weighted by molar-refractivity contribution is 0.0692. The number of benzene rings is 1. The first kappa shape index (κ1) is 13.3. The van der Waals surface area contributed by atoms with Crippen LogP contribution in [0.1, 0.15) is 23.7 Å². The Labute approximate surface area is 100 Å². The standard InChI is InChI=1S/C12H17NO4/c1-2-16-7-4-8-17-10-6-3-5-9(13)11(10)12(14)15/h3,5-6H,2,4,7-8,13H2,1H3,(H,14,15). The molecule has 0 aliphatic rings. The molecule has 0 heterocycles. The van der Waals surface area contributed by atoms with Crippen molar-refractivity contribution in [3.8, 4) is 5.75 Å². The molecule has 5 heteroatoms. The Bertz CT molecular complexity index is 379. The zero-order valence-corrected chi connectivity index (χ0v) is 9.81. The summed E-state index contributed by atoms with van der Waals surface area (Å²) in [6.45, 7) is 3.59. The Morgan fingerprint density at radius 1 is 1.41 bits per heavy atom. The third kappa shape index (κ3) is 3.96. The highest BCUT2D eigenvalue weighted by molar-refractivity contribution is 5.96. The number of carbonyl (C=O) groups is 1. The van der Waals surface area contributed by atoms with Crippen LogP contribution in [0, 0.1) is 0 Å². The van der Waals surface area contributed by atoms with E-state index in [9.17, 15) is 4.79 Å². The van der Waals surface area contributed by atoms with E-state index in [1.165, 1.54) is 6.07 Å². The molecule has 3 N–H and O–H groups in total. The van der Waals surface area contributed by atoms with Gasteiger partial charge in [-0.05, 0) is 19.1 Å². The van der Waals surface area contributed by atoms with Crippen molar-refractivity contribution in [1.82, 2.24) is 0 Å². The predicted molar refractivity (Wildman–Crippen MR) is 64.4 cm³/mol. The van der Waals surface area contributed by atoms with Crippen LogP contribution in [0.2, 0.25) is 0 Å². The van der Waals surface area contributed by atoms with Crippen molar-refractivity contribution in [2.24, 2.45) is 0 Å². The molecule has 1 aromatic rings. The van der Waals surface area contributed by atoms with Crippen LogP contribution in [0.4, 0.5) is 5.69 Å². The van der Waals surface area contributed by atoms with Crippen molar-refractivity contribution >= 4 is 11.7 Å². The first-order chi connectivity index (χ1) is 8.16. The summed E-state index contributed by atoms with van der Waals surface area (Å²) < 4.78 is 10.5. The van der Waals surface area contributed by atoms with Crippen LogP contribution < -0.4 is 10.5 Å². The summed E-state index contributed by atoms with van der Waals surface area (Å²) in [5.74, 6) is -0.781. The molecule has 0 fully saturated rings. The number of anilines is 1. The van der Waals surface area contributed by atoms with Gasteiger partial charge in [0.1, 0.15) is 11.3 Å². The van der Waals surface area contributed by atoms with E-state index >= 15 is 0 Å². The van der Waals surface area contributed by atoms with Crippen LogP contribution in [-0.2, 0) is 4.74 Å². The summed E-state index contributed by atoms with van der Waals surface area (Å²) in [6.07, 6.45) is 0.710. The van der Waals surface area contributed by atoms with Crippen LogP contribution in [0.15, 0.2) is 18.2 Å². The van der Waals surface area contributed by atoms with Crippen molar-refractivity contribution in [1.29, 1.82) is 0 Å². The lowest BCUT2D eigenvalue weighted by Gasteiger charge is -2.10. The summed E-state index contributed by atoms with van der Waals surface area (Å²) >= 11 is 0. The van der Waals surface area contributed by atoms with E-state index in [0.717, 1.165) is 0 Å². The second-order valence-electron chi connectivity index (χ2n) is 3.42. The van der Waals surface area contributed by atoms with Gasteiger partial charge in [-0.15, -0.1) is 0 Å². The Kier molecular flexibility index (Phi) is 5.29. The summed E-state index contributed by atoms with van der Waals surface area (Å²) in [6, 6.07) is 4.80. The second kappa shape index (κ2) is 6.75. The second-order valence-corrected chi connectivity index (χ2v) is 3.42. The van der Waals surface area contributed by atoms with Gasteiger partial charge < -0.3 is 20.3 Å². The van der Waals surface area contributed by atoms with E-state index in [-0.39, 0.29) is 11.3 Å². The highest BCUT2D eigenvalue weighted by Crippen LogP contribution is 2.24. The van der Waals surface area contributed by atoms with Crippen LogP contribution in [0.5, 0.6) is 5.75 Å². The first-order valence-electron chi connectivity index (χ1n) is 5.49. The van der Waals surface area contributed by atoms with Gasteiger partial charge in [-0.1, -0.05) is 6.07 Å². The monoisotopic (exact) mass is 239 g/mol. The minimum absolute atomic E-state index is 0.0175. The fourth-order valence-electron chi connectivity index (χ4n) is 1.38. The molecule has 0 spiro atoms. The molecule has 0 radical (unpaired) electrons. The summed E-state index contributed by atoms with van der Waals surface area (Å²) in [4.78, 5) is 11.0. The SMILES string of the molecule is CCOCCCOc1cccc(N)c1C(=O)O. The molecule has 0 unspecified atom stereocenters. The quantitative estimate of drug-likeness (QED) is 0.559. The summed E-state index contributed by atoms with van der Waals surface area (Å²) in [5.41, 5.74) is 5.81. The Morgan fingerprint density at radius 3 is 2.82 bits per heavy atom. The number of carboxylic acid groups (broad SMARTS) is 1. The number of hydrogen-bond acceptors (Lipinski definition) is 4. The fourth-order valence-corrected chi connectivity index (χ4v) is 1.38. The average Bonchev–Trinajstić information content (AvgIpc) is 2.28. The maximum atomic E-state index is 11.0. The van der Waals surface area contributed by atoms with E-state index < -0.39 is 5.97 Å². The lowest BCUT2D eigenvalue weighted by atomic mass is 10.1. The fraction of sp³-hybridized carbons (Fsp3) is 0.417. The zero-order chi connectivity index (χ0) is 12.7. The third-order valence-corrected chi connectivity index (χ3v) is 2.17. The van der Waals surface area contributed by atoms with Gasteiger partial charge in [-0.3, -0.25) is 0 Å². The minimum Gasteiger partial charge on any atom is -0.493 e. The largest absolute Gasteiger partial charge is 0.493 e. The third-order valence-electron chi connectivity index (χ3n) is 2.17. The summed E-state index contributed by atoms with van der Waals surface area (Å²) in [5, 5.41) is 9.00. The topological polar surface area (TPSA) is 81.8 Å². The van der Waals surface area contributed by atoms with Gasteiger partial charge in [0.25, 0.3) is 0 Å². The number of rotatable bonds is 7. The highest BCUT2D eigenvalue weighted by atomic mass is 16.5. The first-order valence-corrected chi connectivity index (χ1v) is 5.49. The molecule has 0 atom stereocenters. The van der Waals surface area contributed by atoms with Crippen molar-refractivity contribution in [3.63, 3.8) is 0 Å². The van der Waals surface area contributed by atoms with Gasteiger partial charge >= 0.3 is 5.97 Å². The minimum atomic E-state index is -1.08. The van der Waals surface area contributed by atoms with Crippen molar-refractivity contribution < 1.29 is 19.4 Å². The van der Waals surface area contributed by atoms with Crippen LogP contribution in [0.3, 0.4) is 0 Å². The molecule has 0 aliphatic heterocycles. The Hall–Kier alpha value is -1.75. The number of aromatic carboxylic acids is 1. The van der Waals surface area contributed by atoms with Crippen molar-refractivity contribution in [3.05, 3.63) is 23.8 Å². The molecule has 0 saturated heterocycles. The van der Waals surface area contributed by atoms with Crippen molar-refractivity contribution in [2.75, 3.05) is 25.6 Å². The number of ether oxygens (including phenoxy) is 2. The normalized spacial score (nSPS) is 10.2. The van der Waals surface area contributed by atoms with Gasteiger partial charge in [0.15, 0.2) is 0 Å². The van der Waals surface area contributed by atoms with Crippen LogP contribution in [0.25, 0.3) is 0 Å². The van der Waals surface area contributed by atoms with Gasteiger partial charge in [0, 0.05) is 25.3 Å². The lowest BCUT2D eigenvalue weighted by Crippen LogP contribution is -2.09. The molecule has 5 nitrogen and oxygen atoms in total. The Morgan fingerprint density at radius 2 is 2.18 bits per heavy atom. The van der Waals surface area contributed by atoms with Gasteiger partial charge in [-0.2, -0.15) is 0 Å².